The summed E-state index contributed by atoms with van der Waals surface area (Å²) in [6, 6.07) is 15.9. The smallest absolute Gasteiger partial charge is 0.193 e. The molecular weight excluding hydrogens is 284 g/mol. The first-order valence-electron chi connectivity index (χ1n) is 7.90. The van der Waals surface area contributed by atoms with Crippen LogP contribution in [0.3, 0.4) is 0 Å². The van der Waals surface area contributed by atoms with E-state index < -0.39 is 0 Å². The molecule has 3 heteroatoms. The van der Waals surface area contributed by atoms with Crippen LogP contribution in [0.25, 0.3) is 5.70 Å². The summed E-state index contributed by atoms with van der Waals surface area (Å²) >= 11 is 0. The molecule has 1 heterocycles. The van der Waals surface area contributed by atoms with Gasteiger partial charge in [0, 0.05) is 34.5 Å². The van der Waals surface area contributed by atoms with Gasteiger partial charge in [-0.3, -0.25) is 9.79 Å². The lowest BCUT2D eigenvalue weighted by molar-refractivity contribution is 0.103. The van der Waals surface area contributed by atoms with Crippen molar-refractivity contribution in [2.75, 3.05) is 5.32 Å². The molecule has 114 valence electrons. The van der Waals surface area contributed by atoms with E-state index in [1.165, 1.54) is 5.56 Å². The Morgan fingerprint density at radius 1 is 1.00 bits per heavy atom. The Bertz CT molecular complexity index is 877. The zero-order valence-electron chi connectivity index (χ0n) is 13.3. The van der Waals surface area contributed by atoms with E-state index in [0.717, 1.165) is 40.2 Å². The van der Waals surface area contributed by atoms with Crippen LogP contribution in [-0.4, -0.2) is 17.5 Å². The summed E-state index contributed by atoms with van der Waals surface area (Å²) < 4.78 is 0. The monoisotopic (exact) mass is 302 g/mol. The average molecular weight is 302 g/mol. The largest absolute Gasteiger partial charge is 0.377 e. The van der Waals surface area contributed by atoms with E-state index in [1.54, 1.807) is 0 Å². The predicted octanol–water partition coefficient (Wildman–Crippen LogP) is 4.25. The lowest BCUT2D eigenvalue weighted by Crippen LogP contribution is -2.30. The van der Waals surface area contributed by atoms with Crippen molar-refractivity contribution in [2.24, 2.45) is 4.99 Å². The van der Waals surface area contributed by atoms with Crippen molar-refractivity contribution < 1.29 is 4.79 Å². The number of carbonyl (C=O) groups excluding carboxylic acids is 1. The van der Waals surface area contributed by atoms with Crippen LogP contribution in [0, 0.1) is 6.92 Å². The number of carbonyl (C=O) groups is 1. The van der Waals surface area contributed by atoms with Gasteiger partial charge in [0.05, 0.1) is 11.7 Å². The molecule has 0 aromatic heterocycles. The van der Waals surface area contributed by atoms with Gasteiger partial charge in [0.25, 0.3) is 0 Å². The number of para-hydroxylation sites is 1. The highest BCUT2D eigenvalue weighted by atomic mass is 16.1. The van der Waals surface area contributed by atoms with Gasteiger partial charge in [0.2, 0.25) is 0 Å². The number of rotatable bonds is 2. The minimum Gasteiger partial charge on any atom is -0.377 e. The highest BCUT2D eigenvalue weighted by Crippen LogP contribution is 2.39. The van der Waals surface area contributed by atoms with Crippen molar-refractivity contribution in [3.05, 3.63) is 70.8 Å². The van der Waals surface area contributed by atoms with Crippen molar-refractivity contribution in [3.63, 3.8) is 0 Å². The van der Waals surface area contributed by atoms with E-state index in [2.05, 4.69) is 29.4 Å². The number of nitrogens with one attached hydrogen (secondary N) is 1. The van der Waals surface area contributed by atoms with Gasteiger partial charge in [-0.15, -0.1) is 0 Å². The molecule has 0 spiro atoms. The fourth-order valence-electron chi connectivity index (χ4n) is 3.41. The van der Waals surface area contributed by atoms with Crippen molar-refractivity contribution in [1.82, 2.24) is 0 Å². The molecular formula is C20H18N2O. The molecule has 0 saturated heterocycles. The Kier molecular flexibility index (Phi) is 3.15. The van der Waals surface area contributed by atoms with Gasteiger partial charge in [-0.25, -0.2) is 0 Å². The summed E-state index contributed by atoms with van der Waals surface area (Å²) in [5, 5.41) is 3.56. The second-order valence-electron chi connectivity index (χ2n) is 6.20. The third-order valence-corrected chi connectivity index (χ3v) is 4.55. The fourth-order valence-corrected chi connectivity index (χ4v) is 3.41. The number of fused-ring (bicyclic) bond motifs is 2. The number of aryl methyl sites for hydroxylation is 1. The molecule has 0 fully saturated rings. The third kappa shape index (κ3) is 2.20. The predicted molar refractivity (Wildman–Crippen MR) is 94.0 cm³/mol. The van der Waals surface area contributed by atoms with Gasteiger partial charge >= 0.3 is 0 Å². The van der Waals surface area contributed by atoms with Crippen molar-refractivity contribution in [1.29, 1.82) is 0 Å². The van der Waals surface area contributed by atoms with Crippen LogP contribution in [0.15, 0.2) is 59.1 Å². The Morgan fingerprint density at radius 2 is 1.70 bits per heavy atom. The number of aliphatic imine (C=N–C) groups is 1. The first kappa shape index (κ1) is 13.9. The van der Waals surface area contributed by atoms with E-state index in [4.69, 9.17) is 0 Å². The second kappa shape index (κ2) is 5.20. The number of ketones is 1. The van der Waals surface area contributed by atoms with Crippen LogP contribution in [0.4, 0.5) is 5.69 Å². The fraction of sp³-hybridized carbons (Fsp3) is 0.200. The van der Waals surface area contributed by atoms with E-state index >= 15 is 0 Å². The Hall–Kier alpha value is -2.68. The normalized spacial score (nSPS) is 19.3. The van der Waals surface area contributed by atoms with Crippen LogP contribution < -0.4 is 5.32 Å². The Labute approximate surface area is 135 Å². The van der Waals surface area contributed by atoms with Crippen LogP contribution in [-0.2, 0) is 0 Å². The van der Waals surface area contributed by atoms with E-state index in [1.807, 2.05) is 43.3 Å². The van der Waals surface area contributed by atoms with E-state index in [-0.39, 0.29) is 11.8 Å². The van der Waals surface area contributed by atoms with Crippen molar-refractivity contribution in [2.45, 2.75) is 26.3 Å². The standard InChI is InChI=1S/C20H18N2O/c1-12-7-3-6-10-16(12)22-17-11-13(2)21-19-14-8-4-5-9-15(14)20(23)18(17)19/h3-10,17,22H,11H2,1-2H3. The lowest BCUT2D eigenvalue weighted by atomic mass is 9.95. The molecule has 3 nitrogen and oxygen atoms in total. The molecule has 23 heavy (non-hydrogen) atoms. The molecule has 2 aromatic rings. The molecule has 0 saturated carbocycles. The highest BCUT2D eigenvalue weighted by Gasteiger charge is 2.37. The second-order valence-corrected chi connectivity index (χ2v) is 6.20. The molecule has 0 bridgehead atoms. The van der Waals surface area contributed by atoms with Gasteiger partial charge in [-0.05, 0) is 25.5 Å². The number of hydrogen-bond donors (Lipinski definition) is 1. The van der Waals surface area contributed by atoms with E-state index in [9.17, 15) is 4.79 Å². The van der Waals surface area contributed by atoms with Crippen LogP contribution in [0.1, 0.15) is 34.8 Å². The summed E-state index contributed by atoms with van der Waals surface area (Å²) in [5.74, 6) is 0.109. The van der Waals surface area contributed by atoms with Crippen LogP contribution >= 0.6 is 0 Å². The number of anilines is 1. The first-order chi connectivity index (χ1) is 11.1. The molecule has 0 amide bonds. The minimum absolute atomic E-state index is 0.0245. The zero-order valence-corrected chi connectivity index (χ0v) is 13.3. The zero-order chi connectivity index (χ0) is 16.0. The Morgan fingerprint density at radius 3 is 2.48 bits per heavy atom. The molecule has 4 rings (SSSR count). The van der Waals surface area contributed by atoms with Gasteiger partial charge < -0.3 is 5.32 Å². The van der Waals surface area contributed by atoms with Crippen LogP contribution in [0.5, 0.6) is 0 Å². The molecule has 0 radical (unpaired) electrons. The maximum Gasteiger partial charge on any atom is 0.193 e. The number of nitrogens with zero attached hydrogens (tertiary/aromatic N) is 1. The molecule has 2 aromatic carbocycles. The highest BCUT2D eigenvalue weighted by molar-refractivity contribution is 6.23. The molecule has 1 aliphatic carbocycles. The summed E-state index contributed by atoms with van der Waals surface area (Å²) in [6.07, 6.45) is 0.757. The maximum atomic E-state index is 12.9. The molecule has 1 aliphatic heterocycles. The third-order valence-electron chi connectivity index (χ3n) is 4.55. The van der Waals surface area contributed by atoms with Gasteiger partial charge in [-0.1, -0.05) is 42.5 Å². The van der Waals surface area contributed by atoms with Crippen molar-refractivity contribution in [3.8, 4) is 0 Å². The SMILES string of the molecule is CC1=NC2=C(C(=O)c3ccccc32)C(Nc2ccccc2C)C1. The number of Topliss-reactive ketones (excluding diaryl/α,β-unsaturated/α-hetero) is 1. The first-order valence-corrected chi connectivity index (χ1v) is 7.90. The summed E-state index contributed by atoms with van der Waals surface area (Å²) in [5.41, 5.74) is 6.69. The van der Waals surface area contributed by atoms with Crippen molar-refractivity contribution >= 4 is 22.9 Å². The Balaban J connectivity index is 1.78. The van der Waals surface area contributed by atoms with E-state index in [0.29, 0.717) is 0 Å². The summed E-state index contributed by atoms with van der Waals surface area (Å²) in [7, 11) is 0. The molecule has 1 unspecified atom stereocenters. The van der Waals surface area contributed by atoms with Crippen LogP contribution in [0.2, 0.25) is 0 Å². The summed E-state index contributed by atoms with van der Waals surface area (Å²) in [4.78, 5) is 17.5. The topological polar surface area (TPSA) is 41.5 Å². The summed E-state index contributed by atoms with van der Waals surface area (Å²) in [6.45, 7) is 4.11. The molecule has 1 atom stereocenters. The maximum absolute atomic E-state index is 12.9. The lowest BCUT2D eigenvalue weighted by Gasteiger charge is -2.25. The number of benzene rings is 2. The van der Waals surface area contributed by atoms with Gasteiger partial charge in [0.1, 0.15) is 0 Å². The molecule has 2 aliphatic rings. The van der Waals surface area contributed by atoms with Gasteiger partial charge in [0.15, 0.2) is 5.78 Å². The van der Waals surface area contributed by atoms with Gasteiger partial charge in [-0.2, -0.15) is 0 Å². The quantitative estimate of drug-likeness (QED) is 0.901. The average Bonchev–Trinajstić information content (AvgIpc) is 2.83. The minimum atomic E-state index is -0.0245. The number of hydrogen-bond acceptors (Lipinski definition) is 3. The molecule has 1 N–H and O–H groups in total.